The number of rotatable bonds is 5. The number of urea groups is 1. The smallest absolute Gasteiger partial charge is 0.315 e. The Bertz CT molecular complexity index is 630. The van der Waals surface area contributed by atoms with Gasteiger partial charge in [0.15, 0.2) is 0 Å². The minimum atomic E-state index is -0.0951. The molecule has 2 aromatic rings. The van der Waals surface area contributed by atoms with Crippen molar-refractivity contribution in [1.82, 2.24) is 10.6 Å². The molecule has 3 nitrogen and oxygen atoms in total. The number of hydrogen-bond acceptors (Lipinski definition) is 1. The second kappa shape index (κ2) is 6.22. The van der Waals surface area contributed by atoms with Crippen LogP contribution in [-0.2, 0) is 12.0 Å². The average molecular weight is 294 g/mol. The fraction of sp³-hybridized carbons (Fsp3) is 0.316. The quantitative estimate of drug-likeness (QED) is 0.870. The Kier molecular flexibility index (Phi) is 4.14. The monoisotopic (exact) mass is 294 g/mol. The zero-order chi connectivity index (χ0) is 15.4. The van der Waals surface area contributed by atoms with Crippen LogP contribution in [0.4, 0.5) is 4.79 Å². The lowest BCUT2D eigenvalue weighted by Crippen LogP contribution is -2.39. The summed E-state index contributed by atoms with van der Waals surface area (Å²) in [5.41, 5.74) is 3.87. The van der Waals surface area contributed by atoms with Gasteiger partial charge in [-0.2, -0.15) is 0 Å². The summed E-state index contributed by atoms with van der Waals surface area (Å²) >= 11 is 0. The molecule has 0 aliphatic heterocycles. The first-order chi connectivity index (χ1) is 10.7. The molecule has 0 unspecified atom stereocenters. The van der Waals surface area contributed by atoms with Crippen LogP contribution in [0, 0.1) is 6.92 Å². The first-order valence-electron chi connectivity index (χ1n) is 7.81. The molecule has 0 radical (unpaired) electrons. The van der Waals surface area contributed by atoms with E-state index < -0.39 is 0 Å². The fourth-order valence-corrected chi connectivity index (χ4v) is 2.72. The molecule has 3 heteroatoms. The lowest BCUT2D eigenvalue weighted by atomic mass is 9.95. The molecule has 2 amide bonds. The molecule has 2 aromatic carbocycles. The van der Waals surface area contributed by atoms with E-state index in [1.165, 1.54) is 11.1 Å². The van der Waals surface area contributed by atoms with Gasteiger partial charge in [0.1, 0.15) is 0 Å². The van der Waals surface area contributed by atoms with Crippen LogP contribution >= 0.6 is 0 Å². The normalized spacial score (nSPS) is 15.1. The Morgan fingerprint density at radius 3 is 2.32 bits per heavy atom. The van der Waals surface area contributed by atoms with Gasteiger partial charge in [-0.05, 0) is 30.9 Å². The first-order valence-corrected chi connectivity index (χ1v) is 7.81. The summed E-state index contributed by atoms with van der Waals surface area (Å²) in [5.74, 6) is 0. The van der Waals surface area contributed by atoms with E-state index in [1.807, 2.05) is 30.3 Å². The molecule has 0 aromatic heterocycles. The van der Waals surface area contributed by atoms with Crippen LogP contribution in [0.5, 0.6) is 0 Å². The van der Waals surface area contributed by atoms with Gasteiger partial charge in [-0.3, -0.25) is 0 Å². The highest BCUT2D eigenvalue weighted by molar-refractivity contribution is 5.74. The third kappa shape index (κ3) is 3.48. The average Bonchev–Trinajstić information content (AvgIpc) is 3.34. The van der Waals surface area contributed by atoms with Crippen LogP contribution < -0.4 is 10.6 Å². The van der Waals surface area contributed by atoms with Crippen LogP contribution in [0.25, 0.3) is 0 Å². The number of hydrogen-bond donors (Lipinski definition) is 2. The van der Waals surface area contributed by atoms with Crippen molar-refractivity contribution >= 4 is 6.03 Å². The van der Waals surface area contributed by atoms with Gasteiger partial charge in [-0.1, -0.05) is 60.2 Å². The molecule has 1 aliphatic carbocycles. The van der Waals surface area contributed by atoms with E-state index in [0.717, 1.165) is 18.4 Å². The van der Waals surface area contributed by atoms with Gasteiger partial charge in [0, 0.05) is 18.5 Å². The molecule has 114 valence electrons. The summed E-state index contributed by atoms with van der Waals surface area (Å²) in [6.45, 7) is 3.36. The van der Waals surface area contributed by atoms with E-state index in [2.05, 4.69) is 41.8 Å². The highest BCUT2D eigenvalue weighted by Crippen LogP contribution is 2.47. The van der Waals surface area contributed by atoms with E-state index in [9.17, 15) is 4.79 Å². The van der Waals surface area contributed by atoms with Crippen molar-refractivity contribution in [3.63, 3.8) is 0 Å². The number of amides is 2. The molecule has 2 N–H and O–H groups in total. The number of carbonyl (C=O) groups is 1. The topological polar surface area (TPSA) is 41.1 Å². The third-order valence-corrected chi connectivity index (χ3v) is 4.40. The zero-order valence-corrected chi connectivity index (χ0v) is 12.9. The number of nitrogens with one attached hydrogen (secondary N) is 2. The summed E-state index contributed by atoms with van der Waals surface area (Å²) in [6.07, 6.45) is 2.30. The molecular weight excluding hydrogens is 272 g/mol. The minimum Gasteiger partial charge on any atom is -0.337 e. The molecule has 0 spiro atoms. The van der Waals surface area contributed by atoms with Crippen LogP contribution in [0.3, 0.4) is 0 Å². The van der Waals surface area contributed by atoms with Gasteiger partial charge >= 0.3 is 6.03 Å². The summed E-state index contributed by atoms with van der Waals surface area (Å²) < 4.78 is 0. The fourth-order valence-electron chi connectivity index (χ4n) is 2.72. The minimum absolute atomic E-state index is 0.0951. The van der Waals surface area contributed by atoms with Gasteiger partial charge < -0.3 is 10.6 Å². The standard InChI is InChI=1S/C19H22N2O/c1-15-7-9-17(10-8-15)19(11-12-19)14-21-18(22)20-13-16-5-3-2-4-6-16/h2-10H,11-14H2,1H3,(H2,20,21,22). The van der Waals surface area contributed by atoms with E-state index >= 15 is 0 Å². The van der Waals surface area contributed by atoms with Crippen molar-refractivity contribution in [3.05, 3.63) is 71.3 Å². The Morgan fingerprint density at radius 1 is 1.00 bits per heavy atom. The van der Waals surface area contributed by atoms with E-state index in [0.29, 0.717) is 13.1 Å². The largest absolute Gasteiger partial charge is 0.337 e. The molecule has 1 saturated carbocycles. The molecule has 0 heterocycles. The third-order valence-electron chi connectivity index (χ3n) is 4.40. The first kappa shape index (κ1) is 14.6. The second-order valence-corrected chi connectivity index (χ2v) is 6.17. The number of benzene rings is 2. The van der Waals surface area contributed by atoms with Crippen molar-refractivity contribution in [1.29, 1.82) is 0 Å². The number of carbonyl (C=O) groups excluding carboxylic acids is 1. The Balaban J connectivity index is 1.49. The molecule has 3 rings (SSSR count). The highest BCUT2D eigenvalue weighted by Gasteiger charge is 2.44. The predicted octanol–water partition coefficient (Wildman–Crippen LogP) is 3.53. The van der Waals surface area contributed by atoms with Crippen molar-refractivity contribution in [2.75, 3.05) is 6.54 Å². The maximum atomic E-state index is 12.0. The number of aryl methyl sites for hydroxylation is 1. The Hall–Kier alpha value is -2.29. The zero-order valence-electron chi connectivity index (χ0n) is 12.9. The van der Waals surface area contributed by atoms with Gasteiger partial charge in [0.2, 0.25) is 0 Å². The van der Waals surface area contributed by atoms with Gasteiger partial charge in [0.25, 0.3) is 0 Å². The van der Waals surface area contributed by atoms with Crippen LogP contribution in [0.1, 0.15) is 29.5 Å². The SMILES string of the molecule is Cc1ccc(C2(CNC(=O)NCc3ccccc3)CC2)cc1. The molecule has 0 atom stereocenters. The van der Waals surface area contributed by atoms with Crippen LogP contribution in [-0.4, -0.2) is 12.6 Å². The summed E-state index contributed by atoms with van der Waals surface area (Å²) in [4.78, 5) is 12.0. The maximum Gasteiger partial charge on any atom is 0.315 e. The van der Waals surface area contributed by atoms with Gasteiger partial charge in [0.05, 0.1) is 0 Å². The van der Waals surface area contributed by atoms with E-state index in [1.54, 1.807) is 0 Å². The summed E-state index contributed by atoms with van der Waals surface area (Å²) in [6, 6.07) is 18.5. The van der Waals surface area contributed by atoms with E-state index in [4.69, 9.17) is 0 Å². The Labute approximate surface area is 131 Å². The van der Waals surface area contributed by atoms with Gasteiger partial charge in [-0.25, -0.2) is 4.79 Å². The molecule has 1 fully saturated rings. The lowest BCUT2D eigenvalue weighted by Gasteiger charge is -2.17. The molecule has 0 bridgehead atoms. The summed E-state index contributed by atoms with van der Waals surface area (Å²) in [7, 11) is 0. The van der Waals surface area contributed by atoms with Gasteiger partial charge in [-0.15, -0.1) is 0 Å². The van der Waals surface area contributed by atoms with Crippen LogP contribution in [0.2, 0.25) is 0 Å². The van der Waals surface area contributed by atoms with Crippen molar-refractivity contribution < 1.29 is 4.79 Å². The maximum absolute atomic E-state index is 12.0. The lowest BCUT2D eigenvalue weighted by molar-refractivity contribution is 0.239. The van der Waals surface area contributed by atoms with E-state index in [-0.39, 0.29) is 11.4 Å². The van der Waals surface area contributed by atoms with Crippen molar-refractivity contribution in [2.24, 2.45) is 0 Å². The second-order valence-electron chi connectivity index (χ2n) is 6.17. The molecule has 22 heavy (non-hydrogen) atoms. The summed E-state index contributed by atoms with van der Waals surface area (Å²) in [5, 5.41) is 5.93. The Morgan fingerprint density at radius 2 is 1.68 bits per heavy atom. The molecular formula is C19H22N2O. The molecule has 1 aliphatic rings. The van der Waals surface area contributed by atoms with Crippen LogP contribution in [0.15, 0.2) is 54.6 Å². The molecule has 0 saturated heterocycles. The van der Waals surface area contributed by atoms with Crippen molar-refractivity contribution in [2.45, 2.75) is 31.7 Å². The highest BCUT2D eigenvalue weighted by atomic mass is 16.2. The predicted molar refractivity (Wildman–Crippen MR) is 88.8 cm³/mol. The van der Waals surface area contributed by atoms with Crippen molar-refractivity contribution in [3.8, 4) is 0 Å².